The van der Waals surface area contributed by atoms with Gasteiger partial charge in [-0.3, -0.25) is 10.1 Å². The van der Waals surface area contributed by atoms with E-state index in [1.807, 2.05) is 18.2 Å². The van der Waals surface area contributed by atoms with Crippen molar-refractivity contribution >= 4 is 33.9 Å². The minimum atomic E-state index is -0.320. The number of aromatic amines is 1. The van der Waals surface area contributed by atoms with E-state index >= 15 is 0 Å². The molecule has 2 aromatic carbocycles. The third-order valence-corrected chi connectivity index (χ3v) is 4.35. The maximum Gasteiger partial charge on any atom is 0.258 e. The summed E-state index contributed by atoms with van der Waals surface area (Å²) in [6, 6.07) is 12.5. The van der Waals surface area contributed by atoms with Gasteiger partial charge in [0.05, 0.1) is 13.7 Å². The number of rotatable bonds is 6. The van der Waals surface area contributed by atoms with Crippen molar-refractivity contribution in [3.8, 4) is 11.5 Å². The molecule has 148 valence electrons. The van der Waals surface area contributed by atoms with Crippen LogP contribution in [0.15, 0.2) is 42.5 Å². The van der Waals surface area contributed by atoms with Gasteiger partial charge in [0.15, 0.2) is 5.65 Å². The lowest BCUT2D eigenvalue weighted by Gasteiger charge is -2.09. The fourth-order valence-corrected chi connectivity index (χ4v) is 2.87. The maximum atomic E-state index is 12.5. The first-order valence-electron chi connectivity index (χ1n) is 9.28. The maximum absolute atomic E-state index is 12.5. The number of hydrogen-bond donors (Lipinski definition) is 2. The zero-order chi connectivity index (χ0) is 20.4. The van der Waals surface area contributed by atoms with Gasteiger partial charge in [-0.15, -0.1) is 10.2 Å². The average molecular weight is 391 g/mol. The van der Waals surface area contributed by atoms with Gasteiger partial charge in [0.2, 0.25) is 0 Å². The quantitative estimate of drug-likeness (QED) is 0.518. The Morgan fingerprint density at radius 1 is 1.10 bits per heavy atom. The predicted molar refractivity (Wildman–Crippen MR) is 110 cm³/mol. The summed E-state index contributed by atoms with van der Waals surface area (Å²) in [6.45, 7) is 4.79. The Hall–Kier alpha value is -3.68. The summed E-state index contributed by atoms with van der Waals surface area (Å²) >= 11 is 0. The molecule has 0 unspecified atom stereocenters. The van der Waals surface area contributed by atoms with Crippen LogP contribution in [0.25, 0.3) is 22.1 Å². The summed E-state index contributed by atoms with van der Waals surface area (Å²) in [5.41, 5.74) is 2.49. The van der Waals surface area contributed by atoms with Crippen molar-refractivity contribution in [1.29, 1.82) is 0 Å². The van der Waals surface area contributed by atoms with E-state index < -0.39 is 0 Å². The zero-order valence-electron chi connectivity index (χ0n) is 16.4. The van der Waals surface area contributed by atoms with Crippen LogP contribution < -0.4 is 14.8 Å². The van der Waals surface area contributed by atoms with Crippen LogP contribution in [0.5, 0.6) is 11.5 Å². The van der Waals surface area contributed by atoms with Gasteiger partial charge in [-0.05, 0) is 48.4 Å². The van der Waals surface area contributed by atoms with Crippen molar-refractivity contribution in [3.05, 3.63) is 48.0 Å². The van der Waals surface area contributed by atoms with Crippen molar-refractivity contribution in [1.82, 2.24) is 20.2 Å². The van der Waals surface area contributed by atoms with Gasteiger partial charge >= 0.3 is 0 Å². The Labute approximate surface area is 167 Å². The van der Waals surface area contributed by atoms with Crippen molar-refractivity contribution in [2.24, 2.45) is 5.92 Å². The molecule has 0 aliphatic carbocycles. The highest BCUT2D eigenvalue weighted by Crippen LogP contribution is 2.26. The largest absolute Gasteiger partial charge is 0.497 e. The van der Waals surface area contributed by atoms with Gasteiger partial charge in [-0.25, -0.2) is 0 Å². The lowest BCUT2D eigenvalue weighted by molar-refractivity contribution is 0.102. The minimum Gasteiger partial charge on any atom is -0.497 e. The van der Waals surface area contributed by atoms with Crippen LogP contribution in [0.2, 0.25) is 0 Å². The molecule has 0 saturated heterocycles. The van der Waals surface area contributed by atoms with Gasteiger partial charge in [0.25, 0.3) is 11.9 Å². The fraction of sp³-hybridized carbons (Fsp3) is 0.238. The summed E-state index contributed by atoms with van der Waals surface area (Å²) in [7, 11) is 1.61. The lowest BCUT2D eigenvalue weighted by atomic mass is 10.2. The molecule has 0 radical (unpaired) electrons. The summed E-state index contributed by atoms with van der Waals surface area (Å²) < 4.78 is 10.9. The molecule has 4 aromatic rings. The first-order chi connectivity index (χ1) is 14.0. The highest BCUT2D eigenvalue weighted by atomic mass is 16.5. The van der Waals surface area contributed by atoms with E-state index in [-0.39, 0.29) is 11.9 Å². The Morgan fingerprint density at radius 3 is 2.59 bits per heavy atom. The monoisotopic (exact) mass is 391 g/mol. The number of benzene rings is 2. The number of hydrogen-bond acceptors (Lipinski definition) is 6. The molecule has 29 heavy (non-hydrogen) atoms. The molecule has 2 aromatic heterocycles. The Kier molecular flexibility index (Phi) is 4.99. The fourth-order valence-electron chi connectivity index (χ4n) is 2.87. The number of nitrogens with one attached hydrogen (secondary N) is 2. The SMILES string of the molecule is COc1ccc2[nH]c3nc(NC(=O)c4ccc(OCC(C)C)cc4)nnc3c2c1. The van der Waals surface area contributed by atoms with Crippen molar-refractivity contribution in [2.45, 2.75) is 13.8 Å². The molecule has 2 heterocycles. The van der Waals surface area contributed by atoms with Crippen LogP contribution in [-0.4, -0.2) is 39.8 Å². The van der Waals surface area contributed by atoms with Crippen LogP contribution >= 0.6 is 0 Å². The van der Waals surface area contributed by atoms with Crippen molar-refractivity contribution in [2.75, 3.05) is 19.0 Å². The molecular weight excluding hydrogens is 370 g/mol. The molecule has 8 nitrogen and oxygen atoms in total. The molecule has 1 amide bonds. The Morgan fingerprint density at radius 2 is 1.86 bits per heavy atom. The minimum absolute atomic E-state index is 0.126. The summed E-state index contributed by atoms with van der Waals surface area (Å²) in [5.74, 6) is 1.69. The van der Waals surface area contributed by atoms with Gasteiger partial charge in [-0.1, -0.05) is 13.8 Å². The molecule has 2 N–H and O–H groups in total. The summed E-state index contributed by atoms with van der Waals surface area (Å²) in [4.78, 5) is 20.0. The molecule has 0 saturated carbocycles. The van der Waals surface area contributed by atoms with E-state index in [1.54, 1.807) is 31.4 Å². The topological polar surface area (TPSA) is 102 Å². The highest BCUT2D eigenvalue weighted by Gasteiger charge is 2.13. The van der Waals surface area contributed by atoms with Gasteiger partial charge < -0.3 is 14.5 Å². The second-order valence-corrected chi connectivity index (χ2v) is 7.05. The van der Waals surface area contributed by atoms with Crippen LogP contribution in [0.1, 0.15) is 24.2 Å². The molecule has 0 spiro atoms. The molecule has 0 fully saturated rings. The van der Waals surface area contributed by atoms with Crippen molar-refractivity contribution < 1.29 is 14.3 Å². The second kappa shape index (κ2) is 7.75. The van der Waals surface area contributed by atoms with Gasteiger partial charge in [0.1, 0.15) is 17.0 Å². The van der Waals surface area contributed by atoms with E-state index in [9.17, 15) is 4.79 Å². The first kappa shape index (κ1) is 18.7. The molecule has 0 atom stereocenters. The zero-order valence-corrected chi connectivity index (χ0v) is 16.4. The third kappa shape index (κ3) is 3.96. The molecular formula is C21H21N5O3. The number of nitrogens with zero attached hydrogens (tertiary/aromatic N) is 3. The Bertz CT molecular complexity index is 1170. The molecule has 4 rings (SSSR count). The van der Waals surface area contributed by atoms with E-state index in [1.165, 1.54) is 0 Å². The Balaban J connectivity index is 1.52. The number of carbonyl (C=O) groups is 1. The van der Waals surface area contributed by atoms with Crippen LogP contribution in [-0.2, 0) is 0 Å². The number of anilines is 1. The lowest BCUT2D eigenvalue weighted by Crippen LogP contribution is -2.14. The van der Waals surface area contributed by atoms with Crippen LogP contribution in [0.3, 0.4) is 0 Å². The average Bonchev–Trinajstić information content (AvgIpc) is 3.09. The van der Waals surface area contributed by atoms with E-state index in [2.05, 4.69) is 39.3 Å². The third-order valence-electron chi connectivity index (χ3n) is 4.35. The first-order valence-corrected chi connectivity index (χ1v) is 9.28. The van der Waals surface area contributed by atoms with E-state index in [0.29, 0.717) is 29.3 Å². The summed E-state index contributed by atoms with van der Waals surface area (Å²) in [5, 5.41) is 11.8. The highest BCUT2D eigenvalue weighted by molar-refractivity contribution is 6.05. The van der Waals surface area contributed by atoms with E-state index in [0.717, 1.165) is 22.4 Å². The predicted octanol–water partition coefficient (Wildman–Crippen LogP) is 3.80. The molecule has 0 bridgehead atoms. The van der Waals surface area contributed by atoms with Crippen LogP contribution in [0, 0.1) is 5.92 Å². The number of methoxy groups -OCH3 is 1. The van der Waals surface area contributed by atoms with Crippen molar-refractivity contribution in [3.63, 3.8) is 0 Å². The molecule has 0 aliphatic heterocycles. The number of H-pyrrole nitrogens is 1. The molecule has 0 aliphatic rings. The molecule has 8 heteroatoms. The van der Waals surface area contributed by atoms with Crippen LogP contribution in [0.4, 0.5) is 5.95 Å². The second-order valence-electron chi connectivity index (χ2n) is 7.05. The standard InChI is InChI=1S/C21H21N5O3/c1-12(2)11-29-14-6-4-13(5-7-14)20(27)24-21-23-19-18(25-26-21)16-10-15(28-3)8-9-17(16)22-19/h4-10,12H,11H2,1-3H3,(H2,22,23,24,26,27). The van der Waals surface area contributed by atoms with E-state index in [4.69, 9.17) is 9.47 Å². The van der Waals surface area contributed by atoms with Gasteiger partial charge in [0, 0.05) is 16.5 Å². The number of fused-ring (bicyclic) bond motifs is 3. The number of ether oxygens (including phenoxy) is 2. The number of carbonyl (C=O) groups excluding carboxylic acids is 1. The number of aromatic nitrogens is 4. The number of amides is 1. The smallest absolute Gasteiger partial charge is 0.258 e. The van der Waals surface area contributed by atoms with Gasteiger partial charge in [-0.2, -0.15) is 4.98 Å². The normalized spacial score (nSPS) is 11.2. The summed E-state index contributed by atoms with van der Waals surface area (Å²) in [6.07, 6.45) is 0.